The van der Waals surface area contributed by atoms with E-state index >= 15 is 0 Å². The number of halogens is 1. The Morgan fingerprint density at radius 1 is 1.30 bits per heavy atom. The van der Waals surface area contributed by atoms with E-state index < -0.39 is 18.1 Å². The summed E-state index contributed by atoms with van der Waals surface area (Å²) >= 11 is 6.07. The van der Waals surface area contributed by atoms with Crippen molar-refractivity contribution in [2.24, 2.45) is 17.3 Å². The van der Waals surface area contributed by atoms with Gasteiger partial charge in [0.05, 0.1) is 23.3 Å². The fourth-order valence-corrected chi connectivity index (χ4v) is 4.60. The first-order valence-electron chi connectivity index (χ1n) is 10.2. The third-order valence-corrected chi connectivity index (χ3v) is 7.58. The first-order valence-corrected chi connectivity index (χ1v) is 10.6. The van der Waals surface area contributed by atoms with E-state index in [0.29, 0.717) is 24.7 Å². The fraction of sp³-hybridized carbons (Fsp3) is 0.565. The molecule has 1 aromatic rings. The van der Waals surface area contributed by atoms with Gasteiger partial charge in [-0.2, -0.15) is 0 Å². The van der Waals surface area contributed by atoms with Crippen LogP contribution in [0.2, 0.25) is 5.02 Å². The zero-order valence-corrected chi connectivity index (χ0v) is 18.7. The Balaban J connectivity index is 2.31. The molecule has 30 heavy (non-hydrogen) atoms. The van der Waals surface area contributed by atoms with E-state index in [4.69, 9.17) is 11.6 Å². The molecule has 1 fully saturated rings. The molecule has 1 aliphatic carbocycles. The molecule has 0 saturated heterocycles. The molecule has 0 amide bonds. The molecule has 0 aliphatic heterocycles. The monoisotopic (exact) mass is 438 g/mol. The van der Waals surface area contributed by atoms with Crippen molar-refractivity contribution in [3.05, 3.63) is 33.4 Å². The Bertz CT molecular complexity index is 862. The maximum Gasteiger partial charge on any atom is 0.154 e. The maximum atomic E-state index is 12.2. The Hall–Kier alpha value is -1.89. The van der Waals surface area contributed by atoms with Crippen LogP contribution in [0.25, 0.3) is 0 Å². The minimum absolute atomic E-state index is 0.0109. The lowest BCUT2D eigenvalue weighted by Crippen LogP contribution is -2.44. The summed E-state index contributed by atoms with van der Waals surface area (Å²) in [6, 6.07) is 0. The number of aliphatic hydroxyl groups excluding tert-OH is 2. The molecule has 1 aliphatic rings. The van der Waals surface area contributed by atoms with Crippen molar-refractivity contribution in [1.29, 1.82) is 0 Å². The molecular weight excluding hydrogens is 408 g/mol. The van der Waals surface area contributed by atoms with Gasteiger partial charge in [-0.3, -0.25) is 9.59 Å². The lowest BCUT2D eigenvalue weighted by atomic mass is 9.59. The van der Waals surface area contributed by atoms with Gasteiger partial charge >= 0.3 is 0 Å². The lowest BCUT2D eigenvalue weighted by molar-refractivity contribution is -0.133. The van der Waals surface area contributed by atoms with Crippen LogP contribution >= 0.6 is 11.6 Å². The van der Waals surface area contributed by atoms with Crippen LogP contribution in [0.1, 0.15) is 61.5 Å². The second kappa shape index (κ2) is 9.50. The summed E-state index contributed by atoms with van der Waals surface area (Å²) in [7, 11) is 0. The van der Waals surface area contributed by atoms with Crippen molar-refractivity contribution in [3.63, 3.8) is 0 Å². The number of aromatic hydroxyl groups is 2. The second-order valence-corrected chi connectivity index (χ2v) is 9.02. The molecule has 0 aromatic heterocycles. The van der Waals surface area contributed by atoms with Crippen LogP contribution in [0.3, 0.4) is 0 Å². The smallest absolute Gasteiger partial charge is 0.154 e. The fourth-order valence-electron chi connectivity index (χ4n) is 4.38. The Morgan fingerprint density at radius 2 is 1.93 bits per heavy atom. The molecular formula is C23H31ClO6. The standard InChI is InChI=1S/C23H31ClO6/c1-12-5-8-18(27)14(3)23(12,4)9-19(28)15(10-25)6-7-16-21(29)17(11-26)13(2)20(24)22(16)30/h6,11-12,14,19,25,28-30H,5,7-10H2,1-4H3/b15-6+/t12-,14+,19-,23-/m1/s1. The maximum absolute atomic E-state index is 12.2. The van der Waals surface area contributed by atoms with E-state index in [1.165, 1.54) is 13.0 Å². The highest BCUT2D eigenvalue weighted by atomic mass is 35.5. The predicted octanol–water partition coefficient (Wildman–Crippen LogP) is 3.73. The molecule has 4 N–H and O–H groups in total. The number of phenolic OH excluding ortho intramolecular Hbond substituents is 2. The molecule has 0 bridgehead atoms. The van der Waals surface area contributed by atoms with Crippen molar-refractivity contribution < 1.29 is 30.0 Å². The number of allylic oxidation sites excluding steroid dienone is 1. The number of benzene rings is 1. The first kappa shape index (κ1) is 24.4. The number of aliphatic hydroxyl groups is 2. The number of Topliss-reactive ketones (excluding diaryl/α,β-unsaturated/α-hetero) is 1. The Morgan fingerprint density at radius 3 is 2.50 bits per heavy atom. The van der Waals surface area contributed by atoms with Gasteiger partial charge in [0.1, 0.15) is 17.3 Å². The topological polar surface area (TPSA) is 115 Å². The zero-order valence-electron chi connectivity index (χ0n) is 17.9. The molecule has 166 valence electrons. The van der Waals surface area contributed by atoms with Gasteiger partial charge in [0.2, 0.25) is 0 Å². The lowest BCUT2D eigenvalue weighted by Gasteiger charge is -2.45. The van der Waals surface area contributed by atoms with E-state index in [0.717, 1.165) is 6.42 Å². The minimum atomic E-state index is -0.994. The van der Waals surface area contributed by atoms with E-state index in [-0.39, 0.29) is 57.3 Å². The first-order chi connectivity index (χ1) is 14.0. The molecule has 0 radical (unpaired) electrons. The number of phenols is 2. The van der Waals surface area contributed by atoms with Crippen molar-refractivity contribution in [2.75, 3.05) is 6.61 Å². The average Bonchev–Trinajstić information content (AvgIpc) is 2.71. The van der Waals surface area contributed by atoms with E-state index in [1.807, 2.05) is 13.8 Å². The summed E-state index contributed by atoms with van der Waals surface area (Å²) in [6.45, 7) is 7.05. The van der Waals surface area contributed by atoms with Crippen LogP contribution in [-0.4, -0.2) is 45.2 Å². The van der Waals surface area contributed by atoms with Gasteiger partial charge in [0, 0.05) is 17.9 Å². The summed E-state index contributed by atoms with van der Waals surface area (Å²) < 4.78 is 0. The third kappa shape index (κ3) is 4.41. The SMILES string of the molecule is Cc1c(Cl)c(O)c(C/C=C(\CO)[C@H](O)C[C@]2(C)[C@H](C)CCC(=O)[C@@H]2C)c(O)c1C=O. The average molecular weight is 439 g/mol. The zero-order chi connectivity index (χ0) is 22.8. The number of aldehydes is 1. The summed E-state index contributed by atoms with van der Waals surface area (Å²) in [5, 5.41) is 41.3. The molecule has 1 saturated carbocycles. The summed E-state index contributed by atoms with van der Waals surface area (Å²) in [5.74, 6) is -0.497. The Kier molecular flexibility index (Phi) is 7.72. The van der Waals surface area contributed by atoms with Crippen LogP contribution in [0.5, 0.6) is 11.5 Å². The van der Waals surface area contributed by atoms with Crippen molar-refractivity contribution in [3.8, 4) is 11.5 Å². The quantitative estimate of drug-likeness (QED) is 0.381. The van der Waals surface area contributed by atoms with Gasteiger partial charge in [0.15, 0.2) is 6.29 Å². The van der Waals surface area contributed by atoms with Crippen LogP contribution < -0.4 is 0 Å². The molecule has 2 rings (SSSR count). The second-order valence-electron chi connectivity index (χ2n) is 8.64. The van der Waals surface area contributed by atoms with Gasteiger partial charge in [-0.15, -0.1) is 0 Å². The molecule has 1 aromatic carbocycles. The molecule has 7 heteroatoms. The van der Waals surface area contributed by atoms with Crippen LogP contribution in [-0.2, 0) is 11.2 Å². The largest absolute Gasteiger partial charge is 0.507 e. The van der Waals surface area contributed by atoms with E-state index in [9.17, 15) is 30.0 Å². The van der Waals surface area contributed by atoms with Crippen LogP contribution in [0, 0.1) is 24.2 Å². The summed E-state index contributed by atoms with van der Waals surface area (Å²) in [4.78, 5) is 23.5. The number of hydrogen-bond acceptors (Lipinski definition) is 6. The summed E-state index contributed by atoms with van der Waals surface area (Å²) in [5.41, 5.74) is 0.215. The molecule has 4 atom stereocenters. The Labute approximate surface area is 182 Å². The summed E-state index contributed by atoms with van der Waals surface area (Å²) in [6.07, 6.45) is 2.57. The molecule has 0 heterocycles. The third-order valence-electron chi connectivity index (χ3n) is 7.12. The van der Waals surface area contributed by atoms with E-state index in [2.05, 4.69) is 6.92 Å². The minimum Gasteiger partial charge on any atom is -0.507 e. The van der Waals surface area contributed by atoms with Crippen LogP contribution in [0.15, 0.2) is 11.6 Å². The van der Waals surface area contributed by atoms with E-state index in [1.54, 1.807) is 0 Å². The number of rotatable bonds is 7. The van der Waals surface area contributed by atoms with Gasteiger partial charge in [-0.05, 0) is 48.7 Å². The molecule has 0 unspecified atom stereocenters. The van der Waals surface area contributed by atoms with Crippen molar-refractivity contribution >= 4 is 23.7 Å². The van der Waals surface area contributed by atoms with Crippen LogP contribution in [0.4, 0.5) is 0 Å². The number of carbonyl (C=O) groups excluding carboxylic acids is 2. The highest BCUT2D eigenvalue weighted by Crippen LogP contribution is 2.47. The van der Waals surface area contributed by atoms with Crippen molar-refractivity contribution in [2.45, 2.75) is 59.5 Å². The van der Waals surface area contributed by atoms with Gasteiger partial charge in [-0.25, -0.2) is 0 Å². The van der Waals surface area contributed by atoms with Gasteiger partial charge < -0.3 is 20.4 Å². The normalized spacial score (nSPS) is 26.0. The number of hydrogen-bond donors (Lipinski definition) is 4. The highest BCUT2D eigenvalue weighted by molar-refractivity contribution is 6.33. The molecule has 0 spiro atoms. The highest BCUT2D eigenvalue weighted by Gasteiger charge is 2.44. The van der Waals surface area contributed by atoms with Crippen molar-refractivity contribution in [1.82, 2.24) is 0 Å². The van der Waals surface area contributed by atoms with Gasteiger partial charge in [0.25, 0.3) is 0 Å². The number of carbonyl (C=O) groups is 2. The predicted molar refractivity (Wildman–Crippen MR) is 115 cm³/mol. The van der Waals surface area contributed by atoms with Gasteiger partial charge in [-0.1, -0.05) is 38.4 Å². The molecule has 6 nitrogen and oxygen atoms in total. The number of ketones is 1.